The number of benzene rings is 1. The van der Waals surface area contributed by atoms with Crippen molar-refractivity contribution in [1.29, 1.82) is 0 Å². The van der Waals surface area contributed by atoms with Gasteiger partial charge in [0.1, 0.15) is 5.82 Å². The first-order chi connectivity index (χ1) is 12.6. The summed E-state index contributed by atoms with van der Waals surface area (Å²) < 4.78 is 40.2. The molecule has 0 aromatic heterocycles. The minimum absolute atomic E-state index is 0.0362. The maximum Gasteiger partial charge on any atom is 0.243 e. The lowest BCUT2D eigenvalue weighted by Gasteiger charge is -2.40. The van der Waals surface area contributed by atoms with Crippen LogP contribution in [0.1, 0.15) is 34.6 Å². The number of hydrogen-bond acceptors (Lipinski definition) is 4. The van der Waals surface area contributed by atoms with E-state index in [0.717, 1.165) is 6.07 Å². The summed E-state index contributed by atoms with van der Waals surface area (Å²) in [4.78, 5) is 16.7. The van der Waals surface area contributed by atoms with Crippen molar-refractivity contribution in [2.45, 2.75) is 57.6 Å². The maximum absolute atomic E-state index is 13.4. The highest BCUT2D eigenvalue weighted by Gasteiger charge is 2.34. The van der Waals surface area contributed by atoms with Crippen molar-refractivity contribution in [3.05, 3.63) is 30.1 Å². The molecule has 27 heavy (non-hydrogen) atoms. The van der Waals surface area contributed by atoms with Crippen molar-refractivity contribution in [3.63, 3.8) is 0 Å². The molecule has 1 aliphatic rings. The molecule has 1 aromatic carbocycles. The van der Waals surface area contributed by atoms with E-state index >= 15 is 0 Å². The van der Waals surface area contributed by atoms with E-state index in [-0.39, 0.29) is 42.0 Å². The average Bonchev–Trinajstić information content (AvgIpc) is 2.60. The average molecular weight is 400 g/mol. The molecule has 1 atom stereocenters. The third-order valence-electron chi connectivity index (χ3n) is 4.98. The topological polar surface area (TPSA) is 60.9 Å². The Hall–Kier alpha value is -1.51. The van der Waals surface area contributed by atoms with Gasteiger partial charge in [0.2, 0.25) is 15.9 Å². The predicted octanol–water partition coefficient (Wildman–Crippen LogP) is 2.17. The first-order valence-corrected chi connectivity index (χ1v) is 10.8. The fourth-order valence-electron chi connectivity index (χ4n) is 3.58. The van der Waals surface area contributed by atoms with Crippen LogP contribution < -0.4 is 0 Å². The number of halogens is 1. The molecule has 0 radical (unpaired) electrons. The number of carbonyl (C=O) groups excluding carboxylic acids is 1. The quantitative estimate of drug-likeness (QED) is 0.736. The van der Waals surface area contributed by atoms with Gasteiger partial charge in [-0.05, 0) is 52.8 Å². The van der Waals surface area contributed by atoms with E-state index in [2.05, 4.69) is 0 Å². The van der Waals surface area contributed by atoms with Gasteiger partial charge >= 0.3 is 0 Å². The Balaban J connectivity index is 2.05. The molecule has 0 spiro atoms. The van der Waals surface area contributed by atoms with Crippen molar-refractivity contribution >= 4 is 15.9 Å². The Kier molecular flexibility index (Phi) is 6.99. The minimum Gasteiger partial charge on any atom is -0.336 e. The zero-order valence-electron chi connectivity index (χ0n) is 16.7. The number of rotatable bonds is 6. The Bertz CT molecular complexity index is 751. The Morgan fingerprint density at radius 3 is 2.07 bits per heavy atom. The number of hydrogen-bond donors (Lipinski definition) is 0. The van der Waals surface area contributed by atoms with Gasteiger partial charge in [-0.2, -0.15) is 4.31 Å². The van der Waals surface area contributed by atoms with Crippen LogP contribution in [0, 0.1) is 5.82 Å². The van der Waals surface area contributed by atoms with Gasteiger partial charge in [0.25, 0.3) is 0 Å². The molecule has 0 bridgehead atoms. The highest BCUT2D eigenvalue weighted by atomic mass is 32.2. The van der Waals surface area contributed by atoms with Gasteiger partial charge in [-0.25, -0.2) is 12.8 Å². The number of carbonyl (C=O) groups is 1. The summed E-state index contributed by atoms with van der Waals surface area (Å²) in [5.41, 5.74) is 0. The molecule has 1 unspecified atom stereocenters. The van der Waals surface area contributed by atoms with E-state index < -0.39 is 15.8 Å². The zero-order valence-corrected chi connectivity index (χ0v) is 17.5. The summed E-state index contributed by atoms with van der Waals surface area (Å²) in [7, 11) is -3.73. The minimum atomic E-state index is -3.73. The van der Waals surface area contributed by atoms with E-state index in [1.165, 1.54) is 22.5 Å². The monoisotopic (exact) mass is 399 g/mol. The molecule has 0 aliphatic carbocycles. The fourth-order valence-corrected chi connectivity index (χ4v) is 5.04. The number of nitrogens with zero attached hydrogens (tertiary/aromatic N) is 3. The van der Waals surface area contributed by atoms with Crippen LogP contribution >= 0.6 is 0 Å². The third kappa shape index (κ3) is 4.86. The van der Waals surface area contributed by atoms with Crippen LogP contribution in [0.3, 0.4) is 0 Å². The van der Waals surface area contributed by atoms with Gasteiger partial charge < -0.3 is 4.90 Å². The molecule has 1 saturated heterocycles. The molecule has 0 N–H and O–H groups in total. The lowest BCUT2D eigenvalue weighted by atomic mass is 10.1. The van der Waals surface area contributed by atoms with Gasteiger partial charge in [0, 0.05) is 38.3 Å². The van der Waals surface area contributed by atoms with Gasteiger partial charge in [-0.1, -0.05) is 6.07 Å². The molecule has 1 aromatic rings. The van der Waals surface area contributed by atoms with E-state index in [1.807, 2.05) is 44.4 Å². The van der Waals surface area contributed by atoms with E-state index in [9.17, 15) is 17.6 Å². The van der Waals surface area contributed by atoms with Crippen LogP contribution in [-0.4, -0.2) is 72.7 Å². The second kappa shape index (κ2) is 8.67. The summed E-state index contributed by atoms with van der Waals surface area (Å²) in [5.74, 6) is -0.516. The SMILES string of the molecule is CC(C(=O)N(C(C)C)C(C)C)N1CCN(S(=O)(=O)c2cccc(F)c2)CC1. The van der Waals surface area contributed by atoms with Gasteiger partial charge in [0.05, 0.1) is 10.9 Å². The molecular weight excluding hydrogens is 369 g/mol. The highest BCUT2D eigenvalue weighted by Crippen LogP contribution is 2.20. The fraction of sp³-hybridized carbons (Fsp3) is 0.632. The Labute approximate surface area is 162 Å². The molecule has 6 nitrogen and oxygen atoms in total. The van der Waals surface area contributed by atoms with Gasteiger partial charge in [-0.3, -0.25) is 9.69 Å². The summed E-state index contributed by atoms with van der Waals surface area (Å²) in [6, 6.07) is 4.96. The van der Waals surface area contributed by atoms with Crippen LogP contribution in [0.25, 0.3) is 0 Å². The molecule has 0 saturated carbocycles. The second-order valence-corrected chi connectivity index (χ2v) is 9.44. The molecule has 8 heteroatoms. The van der Waals surface area contributed by atoms with Gasteiger partial charge in [-0.15, -0.1) is 0 Å². The van der Waals surface area contributed by atoms with Gasteiger partial charge in [0.15, 0.2) is 0 Å². The molecule has 1 fully saturated rings. The molecule has 1 heterocycles. The highest BCUT2D eigenvalue weighted by molar-refractivity contribution is 7.89. The lowest BCUT2D eigenvalue weighted by Crippen LogP contribution is -2.57. The van der Waals surface area contributed by atoms with Crippen molar-refractivity contribution in [1.82, 2.24) is 14.1 Å². The maximum atomic E-state index is 13.4. The third-order valence-corrected chi connectivity index (χ3v) is 6.87. The molecule has 2 rings (SSSR count). The number of amides is 1. The molecule has 152 valence electrons. The van der Waals surface area contributed by atoms with Crippen molar-refractivity contribution in [3.8, 4) is 0 Å². The standard InChI is InChI=1S/C19H30FN3O3S/c1-14(2)23(15(3)4)19(24)16(5)21-9-11-22(12-10-21)27(25,26)18-8-6-7-17(20)13-18/h6-8,13-16H,9-12H2,1-5H3. The van der Waals surface area contributed by atoms with Crippen LogP contribution in [0.2, 0.25) is 0 Å². The second-order valence-electron chi connectivity index (χ2n) is 7.51. The Morgan fingerprint density at radius 2 is 1.59 bits per heavy atom. The first kappa shape index (κ1) is 21.8. The number of sulfonamides is 1. The number of piperazine rings is 1. The Morgan fingerprint density at radius 1 is 1.04 bits per heavy atom. The summed E-state index contributed by atoms with van der Waals surface area (Å²) >= 11 is 0. The first-order valence-electron chi connectivity index (χ1n) is 9.37. The molecule has 1 amide bonds. The molecular formula is C19H30FN3O3S. The van der Waals surface area contributed by atoms with Crippen molar-refractivity contribution in [2.75, 3.05) is 26.2 Å². The largest absolute Gasteiger partial charge is 0.336 e. The smallest absolute Gasteiger partial charge is 0.243 e. The normalized spacial score (nSPS) is 18.1. The van der Waals surface area contributed by atoms with Crippen molar-refractivity contribution in [2.24, 2.45) is 0 Å². The van der Waals surface area contributed by atoms with Crippen molar-refractivity contribution < 1.29 is 17.6 Å². The van der Waals surface area contributed by atoms with E-state index in [4.69, 9.17) is 0 Å². The summed E-state index contributed by atoms with van der Waals surface area (Å²) in [6.45, 7) is 11.3. The van der Waals surface area contributed by atoms with Crippen LogP contribution in [0.5, 0.6) is 0 Å². The van der Waals surface area contributed by atoms with E-state index in [0.29, 0.717) is 13.1 Å². The van der Waals surface area contributed by atoms with Crippen LogP contribution in [0.15, 0.2) is 29.2 Å². The molecule has 1 aliphatic heterocycles. The summed E-state index contributed by atoms with van der Waals surface area (Å²) in [5, 5.41) is 0. The van der Waals surface area contributed by atoms with Crippen LogP contribution in [-0.2, 0) is 14.8 Å². The summed E-state index contributed by atoms with van der Waals surface area (Å²) in [6.07, 6.45) is 0. The van der Waals surface area contributed by atoms with E-state index in [1.54, 1.807) is 0 Å². The lowest BCUT2D eigenvalue weighted by molar-refractivity contribution is -0.140. The zero-order chi connectivity index (χ0) is 20.4. The van der Waals surface area contributed by atoms with Crippen LogP contribution in [0.4, 0.5) is 4.39 Å². The predicted molar refractivity (Wildman–Crippen MR) is 103 cm³/mol.